The van der Waals surface area contributed by atoms with Crippen molar-refractivity contribution in [2.75, 3.05) is 11.5 Å². The monoisotopic (exact) mass is 318 g/mol. The first-order chi connectivity index (χ1) is 11.2. The molecule has 23 heavy (non-hydrogen) atoms. The number of fused-ring (bicyclic) bond motifs is 1. The van der Waals surface area contributed by atoms with Crippen LogP contribution in [-0.2, 0) is 0 Å². The van der Waals surface area contributed by atoms with Gasteiger partial charge in [0.2, 0.25) is 0 Å². The Morgan fingerprint density at radius 2 is 1.70 bits per heavy atom. The van der Waals surface area contributed by atoms with E-state index in [0.717, 1.165) is 38.0 Å². The predicted molar refractivity (Wildman–Crippen MR) is 97.1 cm³/mol. The molecule has 3 aromatic heterocycles. The average Bonchev–Trinajstić information content (AvgIpc) is 3.03. The molecule has 3 heterocycles. The number of thiophene rings is 1. The van der Waals surface area contributed by atoms with Gasteiger partial charge < -0.3 is 11.5 Å². The van der Waals surface area contributed by atoms with E-state index in [9.17, 15) is 0 Å². The Hall–Kier alpha value is -2.92. The minimum atomic E-state index is 0.542. The highest BCUT2D eigenvalue weighted by Gasteiger charge is 2.15. The first-order valence-corrected chi connectivity index (χ1v) is 8.04. The van der Waals surface area contributed by atoms with Gasteiger partial charge in [-0.05, 0) is 29.1 Å². The molecule has 0 aliphatic carbocycles. The Bertz CT molecular complexity index is 975. The van der Waals surface area contributed by atoms with Crippen LogP contribution in [0.25, 0.3) is 32.3 Å². The molecule has 112 valence electrons. The van der Waals surface area contributed by atoms with E-state index >= 15 is 0 Å². The van der Waals surface area contributed by atoms with Gasteiger partial charge in [0.05, 0.1) is 0 Å². The zero-order valence-corrected chi connectivity index (χ0v) is 13.0. The molecule has 0 bridgehead atoms. The first kappa shape index (κ1) is 13.7. The Morgan fingerprint density at radius 3 is 2.43 bits per heavy atom. The molecule has 0 aliphatic heterocycles. The maximum absolute atomic E-state index is 6.17. The van der Waals surface area contributed by atoms with Crippen LogP contribution in [0.4, 0.5) is 11.5 Å². The normalized spacial score (nSPS) is 11.0. The van der Waals surface area contributed by atoms with E-state index in [1.807, 2.05) is 48.8 Å². The maximum Gasteiger partial charge on any atom is 0.132 e. The lowest BCUT2D eigenvalue weighted by molar-refractivity contribution is 1.32. The Labute approximate surface area is 137 Å². The molecule has 5 heteroatoms. The Balaban J connectivity index is 1.97. The van der Waals surface area contributed by atoms with Crippen LogP contribution in [0.3, 0.4) is 0 Å². The van der Waals surface area contributed by atoms with E-state index in [1.165, 1.54) is 0 Å². The topological polar surface area (TPSA) is 77.8 Å². The number of aromatic nitrogens is 2. The standard InChI is InChI=1S/C18H14N4S/c19-13-5-3-11(4-6-13)15-10-23-17-14(9-22-18(20)16(15)17)12-2-1-7-21-8-12/h1-10H,19H2,(H2,20,22). The lowest BCUT2D eigenvalue weighted by atomic mass is 10.0. The van der Waals surface area contributed by atoms with Crippen molar-refractivity contribution in [3.8, 4) is 22.3 Å². The molecule has 0 saturated heterocycles. The Kier molecular flexibility index (Phi) is 3.20. The van der Waals surface area contributed by atoms with Crippen LogP contribution < -0.4 is 11.5 Å². The van der Waals surface area contributed by atoms with Crippen molar-refractivity contribution in [2.24, 2.45) is 0 Å². The molecule has 4 rings (SSSR count). The smallest absolute Gasteiger partial charge is 0.132 e. The molecular weight excluding hydrogens is 304 g/mol. The van der Waals surface area contributed by atoms with Crippen molar-refractivity contribution in [1.82, 2.24) is 9.97 Å². The second-order valence-electron chi connectivity index (χ2n) is 5.27. The summed E-state index contributed by atoms with van der Waals surface area (Å²) in [5.41, 5.74) is 17.0. The number of rotatable bonds is 2. The number of benzene rings is 1. The molecule has 0 radical (unpaired) electrons. The van der Waals surface area contributed by atoms with E-state index in [1.54, 1.807) is 17.5 Å². The Morgan fingerprint density at radius 1 is 0.870 bits per heavy atom. The molecule has 0 fully saturated rings. The van der Waals surface area contributed by atoms with Crippen molar-refractivity contribution in [2.45, 2.75) is 0 Å². The summed E-state index contributed by atoms with van der Waals surface area (Å²) in [6, 6.07) is 11.8. The molecule has 0 amide bonds. The SMILES string of the molecule is Nc1ccc(-c2csc3c(-c4cccnc4)cnc(N)c23)cc1. The second kappa shape index (κ2) is 5.37. The highest BCUT2D eigenvalue weighted by Crippen LogP contribution is 2.41. The number of nitrogens with two attached hydrogens (primary N) is 2. The summed E-state index contributed by atoms with van der Waals surface area (Å²) in [4.78, 5) is 8.59. The number of hydrogen-bond acceptors (Lipinski definition) is 5. The zero-order chi connectivity index (χ0) is 15.8. The van der Waals surface area contributed by atoms with Gasteiger partial charge in [-0.2, -0.15) is 0 Å². The molecule has 4 nitrogen and oxygen atoms in total. The van der Waals surface area contributed by atoms with Crippen LogP contribution in [0.15, 0.2) is 60.4 Å². The van der Waals surface area contributed by atoms with Crippen LogP contribution in [-0.4, -0.2) is 9.97 Å². The van der Waals surface area contributed by atoms with E-state index in [0.29, 0.717) is 5.82 Å². The van der Waals surface area contributed by atoms with Crippen LogP contribution in [0.1, 0.15) is 0 Å². The van der Waals surface area contributed by atoms with Gasteiger partial charge in [-0.25, -0.2) is 4.98 Å². The zero-order valence-electron chi connectivity index (χ0n) is 12.2. The fourth-order valence-corrected chi connectivity index (χ4v) is 3.79. The van der Waals surface area contributed by atoms with Gasteiger partial charge >= 0.3 is 0 Å². The van der Waals surface area contributed by atoms with Gasteiger partial charge in [-0.15, -0.1) is 11.3 Å². The number of nitrogens with zero attached hydrogens (tertiary/aromatic N) is 2. The van der Waals surface area contributed by atoms with E-state index in [2.05, 4.69) is 15.3 Å². The van der Waals surface area contributed by atoms with Crippen LogP contribution >= 0.6 is 11.3 Å². The highest BCUT2D eigenvalue weighted by molar-refractivity contribution is 7.18. The predicted octanol–water partition coefficient (Wildman–Crippen LogP) is 4.19. The summed E-state index contributed by atoms with van der Waals surface area (Å²) in [6.07, 6.45) is 5.42. The lowest BCUT2D eigenvalue weighted by Gasteiger charge is -2.06. The van der Waals surface area contributed by atoms with Gasteiger partial charge in [-0.1, -0.05) is 18.2 Å². The van der Waals surface area contributed by atoms with Gasteiger partial charge in [0.1, 0.15) is 5.82 Å². The van der Waals surface area contributed by atoms with E-state index < -0.39 is 0 Å². The molecule has 0 saturated carbocycles. The van der Waals surface area contributed by atoms with Gasteiger partial charge in [-0.3, -0.25) is 4.98 Å². The molecule has 0 aliphatic rings. The summed E-state index contributed by atoms with van der Waals surface area (Å²) in [7, 11) is 0. The van der Waals surface area contributed by atoms with Crippen molar-refractivity contribution < 1.29 is 0 Å². The summed E-state index contributed by atoms with van der Waals surface area (Å²) in [5.74, 6) is 0.542. The fourth-order valence-electron chi connectivity index (χ4n) is 2.67. The van der Waals surface area contributed by atoms with Gasteiger partial charge in [0.15, 0.2) is 0 Å². The quantitative estimate of drug-likeness (QED) is 0.543. The molecule has 0 spiro atoms. The molecular formula is C18H14N4S. The highest BCUT2D eigenvalue weighted by atomic mass is 32.1. The number of anilines is 2. The third-order valence-corrected chi connectivity index (χ3v) is 4.83. The summed E-state index contributed by atoms with van der Waals surface area (Å²) in [6.45, 7) is 0. The van der Waals surface area contributed by atoms with Crippen LogP contribution in [0.2, 0.25) is 0 Å². The van der Waals surface area contributed by atoms with Crippen molar-refractivity contribution in [1.29, 1.82) is 0 Å². The van der Waals surface area contributed by atoms with E-state index in [-0.39, 0.29) is 0 Å². The van der Waals surface area contributed by atoms with Crippen molar-refractivity contribution >= 4 is 32.9 Å². The van der Waals surface area contributed by atoms with Crippen molar-refractivity contribution in [3.05, 3.63) is 60.4 Å². The second-order valence-corrected chi connectivity index (χ2v) is 6.15. The average molecular weight is 318 g/mol. The first-order valence-electron chi connectivity index (χ1n) is 7.16. The molecule has 1 aromatic carbocycles. The van der Waals surface area contributed by atoms with Crippen LogP contribution in [0, 0.1) is 0 Å². The number of pyridine rings is 2. The van der Waals surface area contributed by atoms with E-state index in [4.69, 9.17) is 11.5 Å². The van der Waals surface area contributed by atoms with Gasteiger partial charge in [0.25, 0.3) is 0 Å². The fraction of sp³-hybridized carbons (Fsp3) is 0. The maximum atomic E-state index is 6.17. The van der Waals surface area contributed by atoms with Gasteiger partial charge in [0, 0.05) is 51.1 Å². The van der Waals surface area contributed by atoms with Crippen LogP contribution in [0.5, 0.6) is 0 Å². The largest absolute Gasteiger partial charge is 0.399 e. The summed E-state index contributed by atoms with van der Waals surface area (Å²) < 4.78 is 1.12. The summed E-state index contributed by atoms with van der Waals surface area (Å²) >= 11 is 1.67. The molecule has 4 N–H and O–H groups in total. The molecule has 4 aromatic rings. The molecule has 0 unspecified atom stereocenters. The summed E-state index contributed by atoms with van der Waals surface area (Å²) in [5, 5.41) is 3.11. The number of nitrogen functional groups attached to an aromatic ring is 2. The minimum Gasteiger partial charge on any atom is -0.399 e. The van der Waals surface area contributed by atoms with Crippen molar-refractivity contribution in [3.63, 3.8) is 0 Å². The number of hydrogen-bond donors (Lipinski definition) is 2. The third-order valence-electron chi connectivity index (χ3n) is 3.82. The minimum absolute atomic E-state index is 0.542. The molecule has 0 atom stereocenters. The third kappa shape index (κ3) is 2.31. The lowest BCUT2D eigenvalue weighted by Crippen LogP contribution is -1.93.